The van der Waals surface area contributed by atoms with E-state index in [9.17, 15) is 19.6 Å². The SMILES string of the molecule is CC(C)(C(OP(O)O)c1ccccc1)C(OP(O)O)c1ccccc1. The van der Waals surface area contributed by atoms with Gasteiger partial charge in [-0.2, -0.15) is 0 Å². The van der Waals surface area contributed by atoms with Crippen LogP contribution < -0.4 is 0 Å². The topological polar surface area (TPSA) is 99.4 Å². The van der Waals surface area contributed by atoms with Crippen molar-refractivity contribution in [3.8, 4) is 0 Å². The van der Waals surface area contributed by atoms with Gasteiger partial charge in [-0.25, -0.2) is 0 Å². The van der Waals surface area contributed by atoms with Crippen molar-refractivity contribution >= 4 is 17.2 Å². The fourth-order valence-electron chi connectivity index (χ4n) is 2.83. The molecule has 136 valence electrons. The molecule has 0 spiro atoms. The molecule has 2 aromatic carbocycles. The highest BCUT2D eigenvalue weighted by Crippen LogP contribution is 2.54. The molecule has 6 nitrogen and oxygen atoms in total. The lowest BCUT2D eigenvalue weighted by molar-refractivity contribution is -0.0336. The molecular formula is C17H22O6P2. The van der Waals surface area contributed by atoms with E-state index in [1.165, 1.54) is 0 Å². The average molecular weight is 384 g/mol. The smallest absolute Gasteiger partial charge is 0.327 e. The van der Waals surface area contributed by atoms with Gasteiger partial charge in [0.2, 0.25) is 0 Å². The average Bonchev–Trinajstić information content (AvgIpc) is 2.58. The van der Waals surface area contributed by atoms with Crippen LogP contribution in [0.5, 0.6) is 0 Å². The molecular weight excluding hydrogens is 362 g/mol. The quantitative estimate of drug-likeness (QED) is 0.515. The zero-order valence-corrected chi connectivity index (χ0v) is 15.7. The number of benzene rings is 2. The first-order valence-electron chi connectivity index (χ1n) is 7.61. The molecule has 0 aliphatic carbocycles. The molecule has 0 heterocycles. The van der Waals surface area contributed by atoms with Crippen molar-refractivity contribution in [3.63, 3.8) is 0 Å². The maximum Gasteiger partial charge on any atom is 0.327 e. The summed E-state index contributed by atoms with van der Waals surface area (Å²) in [6.07, 6.45) is -1.48. The Kier molecular flexibility index (Phi) is 7.44. The highest BCUT2D eigenvalue weighted by molar-refractivity contribution is 7.39. The summed E-state index contributed by atoms with van der Waals surface area (Å²) in [4.78, 5) is 37.8. The molecule has 2 rings (SSSR count). The van der Waals surface area contributed by atoms with Gasteiger partial charge in [0, 0.05) is 5.41 Å². The maximum atomic E-state index is 9.44. The molecule has 8 heteroatoms. The standard InChI is InChI=1S/C17H22O6P2/c1-17(2,15(22-24(18)19)13-9-5-3-6-10-13)16(23-25(20)21)14-11-7-4-8-12-14/h3-12,15-16,18-21H,1-2H3. The van der Waals surface area contributed by atoms with Crippen molar-refractivity contribution < 1.29 is 28.6 Å². The normalized spacial score (nSPS) is 14.7. The van der Waals surface area contributed by atoms with Crippen molar-refractivity contribution in [2.24, 2.45) is 5.41 Å². The van der Waals surface area contributed by atoms with Crippen LogP contribution in [0.25, 0.3) is 0 Å². The lowest BCUT2D eigenvalue weighted by Crippen LogP contribution is -2.32. The fourth-order valence-corrected chi connectivity index (χ4v) is 4.00. The molecule has 25 heavy (non-hydrogen) atoms. The number of hydrogen-bond donors (Lipinski definition) is 4. The van der Waals surface area contributed by atoms with Gasteiger partial charge in [0.25, 0.3) is 0 Å². The summed E-state index contributed by atoms with van der Waals surface area (Å²) < 4.78 is 10.9. The van der Waals surface area contributed by atoms with Gasteiger partial charge in [-0.05, 0) is 11.1 Å². The second-order valence-corrected chi connectivity index (χ2v) is 7.55. The summed E-state index contributed by atoms with van der Waals surface area (Å²) in [5.41, 5.74) is 0.613. The van der Waals surface area contributed by atoms with Gasteiger partial charge in [0.15, 0.2) is 0 Å². The van der Waals surface area contributed by atoms with E-state index in [4.69, 9.17) is 9.05 Å². The predicted octanol–water partition coefficient (Wildman–Crippen LogP) is 3.95. The number of rotatable bonds is 8. The van der Waals surface area contributed by atoms with E-state index in [1.807, 2.05) is 74.5 Å². The van der Waals surface area contributed by atoms with Gasteiger partial charge in [-0.15, -0.1) is 0 Å². The number of hydrogen-bond acceptors (Lipinski definition) is 6. The molecule has 0 saturated carbocycles. The van der Waals surface area contributed by atoms with Crippen molar-refractivity contribution in [2.75, 3.05) is 0 Å². The Balaban J connectivity index is 2.46. The summed E-state index contributed by atoms with van der Waals surface area (Å²) >= 11 is 0. The van der Waals surface area contributed by atoms with Gasteiger partial charge >= 0.3 is 17.2 Å². The molecule has 0 fully saturated rings. The summed E-state index contributed by atoms with van der Waals surface area (Å²) in [5, 5.41) is 0. The van der Waals surface area contributed by atoms with Crippen LogP contribution in [0, 0.1) is 5.41 Å². The van der Waals surface area contributed by atoms with Gasteiger partial charge in [-0.3, -0.25) is 0 Å². The molecule has 0 aliphatic rings. The Bertz CT molecular complexity index is 581. The van der Waals surface area contributed by atoms with Gasteiger partial charge < -0.3 is 28.6 Å². The monoisotopic (exact) mass is 384 g/mol. The van der Waals surface area contributed by atoms with E-state index in [-0.39, 0.29) is 0 Å². The Morgan fingerprint density at radius 1 is 0.680 bits per heavy atom. The van der Waals surface area contributed by atoms with Crippen LogP contribution >= 0.6 is 17.2 Å². The first-order chi connectivity index (χ1) is 11.8. The van der Waals surface area contributed by atoms with E-state index in [2.05, 4.69) is 0 Å². The third-order valence-corrected chi connectivity index (χ3v) is 4.75. The molecule has 0 aliphatic heterocycles. The molecule has 0 radical (unpaired) electrons. The second kappa shape index (κ2) is 9.13. The third kappa shape index (κ3) is 5.52. The first kappa shape index (κ1) is 20.4. The minimum absolute atomic E-state index is 0.729. The van der Waals surface area contributed by atoms with E-state index in [0.29, 0.717) is 0 Å². The van der Waals surface area contributed by atoms with Crippen molar-refractivity contribution in [3.05, 3.63) is 71.8 Å². The highest BCUT2D eigenvalue weighted by Gasteiger charge is 2.43. The largest absolute Gasteiger partial charge is 0.328 e. The first-order valence-corrected chi connectivity index (χ1v) is 9.94. The minimum Gasteiger partial charge on any atom is -0.328 e. The molecule has 0 bridgehead atoms. The zero-order valence-electron chi connectivity index (χ0n) is 13.9. The molecule has 2 atom stereocenters. The fraction of sp³-hybridized carbons (Fsp3) is 0.294. The van der Waals surface area contributed by atoms with Crippen LogP contribution in [0.1, 0.15) is 37.2 Å². The highest BCUT2D eigenvalue weighted by atomic mass is 31.2. The van der Waals surface area contributed by atoms with Gasteiger partial charge in [-0.1, -0.05) is 74.5 Å². The summed E-state index contributed by atoms with van der Waals surface area (Å²) in [6, 6.07) is 18.2. The van der Waals surface area contributed by atoms with Gasteiger partial charge in [0.1, 0.15) is 0 Å². The van der Waals surface area contributed by atoms with E-state index in [0.717, 1.165) is 11.1 Å². The van der Waals surface area contributed by atoms with Crippen LogP contribution in [-0.4, -0.2) is 19.6 Å². The van der Waals surface area contributed by atoms with Crippen molar-refractivity contribution in [1.29, 1.82) is 0 Å². The van der Waals surface area contributed by atoms with Crippen molar-refractivity contribution in [2.45, 2.75) is 26.1 Å². The van der Waals surface area contributed by atoms with E-state index >= 15 is 0 Å². The van der Waals surface area contributed by atoms with Crippen LogP contribution in [0.4, 0.5) is 0 Å². The molecule has 2 aromatic rings. The summed E-state index contributed by atoms with van der Waals surface area (Å²) in [6.45, 7) is 3.64. The maximum absolute atomic E-state index is 9.44. The van der Waals surface area contributed by atoms with Crippen LogP contribution in [0.3, 0.4) is 0 Å². The second-order valence-electron chi connectivity index (χ2n) is 6.12. The predicted molar refractivity (Wildman–Crippen MR) is 97.0 cm³/mol. The van der Waals surface area contributed by atoms with Crippen molar-refractivity contribution in [1.82, 2.24) is 0 Å². The van der Waals surface area contributed by atoms with Crippen LogP contribution in [-0.2, 0) is 9.05 Å². The molecule has 2 unspecified atom stereocenters. The lowest BCUT2D eigenvalue weighted by Gasteiger charge is -2.40. The Labute approximate surface area is 149 Å². The van der Waals surface area contributed by atoms with E-state index in [1.54, 1.807) is 0 Å². The molecule has 0 saturated heterocycles. The molecule has 0 amide bonds. The third-order valence-electron chi connectivity index (χ3n) is 3.96. The van der Waals surface area contributed by atoms with E-state index < -0.39 is 34.8 Å². The zero-order chi connectivity index (χ0) is 18.4. The summed E-state index contributed by atoms with van der Waals surface area (Å²) in [7, 11) is -5.23. The van der Waals surface area contributed by atoms with Crippen LogP contribution in [0.15, 0.2) is 60.7 Å². The Morgan fingerprint density at radius 3 is 1.28 bits per heavy atom. The van der Waals surface area contributed by atoms with Gasteiger partial charge in [0.05, 0.1) is 12.2 Å². The Hall–Kier alpha value is -0.940. The summed E-state index contributed by atoms with van der Waals surface area (Å²) in [5.74, 6) is 0. The molecule has 0 aromatic heterocycles. The molecule has 4 N–H and O–H groups in total. The lowest BCUT2D eigenvalue weighted by atomic mass is 9.75. The minimum atomic E-state index is -2.62. The van der Waals surface area contributed by atoms with Crippen LogP contribution in [0.2, 0.25) is 0 Å². The Morgan fingerprint density at radius 2 is 1.00 bits per heavy atom.